The molecule has 1 aromatic rings. The van der Waals surface area contributed by atoms with Gasteiger partial charge in [0, 0.05) is 18.0 Å². The molecule has 2 N–H and O–H groups in total. The Balaban J connectivity index is 1.73. The quantitative estimate of drug-likeness (QED) is 0.928. The van der Waals surface area contributed by atoms with Crippen LogP contribution in [0.3, 0.4) is 0 Å². The van der Waals surface area contributed by atoms with Crippen molar-refractivity contribution in [3.05, 3.63) is 29.1 Å². The van der Waals surface area contributed by atoms with Gasteiger partial charge in [-0.2, -0.15) is 5.26 Å². The van der Waals surface area contributed by atoms with Crippen molar-refractivity contribution in [1.82, 2.24) is 4.98 Å². The summed E-state index contributed by atoms with van der Waals surface area (Å²) in [6.07, 6.45) is 10.5. The van der Waals surface area contributed by atoms with Gasteiger partial charge >= 0.3 is 0 Å². The van der Waals surface area contributed by atoms with Crippen molar-refractivity contribution in [2.24, 2.45) is 23.5 Å². The Morgan fingerprint density at radius 2 is 1.87 bits per heavy atom. The maximum atomic E-state index is 12.1. The van der Waals surface area contributed by atoms with E-state index in [1.807, 2.05) is 12.3 Å². The summed E-state index contributed by atoms with van der Waals surface area (Å²) in [6, 6.07) is 4.03. The molecule has 4 heteroatoms. The number of carbonyl (C=O) groups excluding carboxylic acids is 1. The van der Waals surface area contributed by atoms with E-state index in [1.165, 1.54) is 38.5 Å². The van der Waals surface area contributed by atoms with Gasteiger partial charge in [-0.25, -0.2) is 0 Å². The van der Waals surface area contributed by atoms with Gasteiger partial charge in [-0.3, -0.25) is 9.78 Å². The molecule has 0 atom stereocenters. The summed E-state index contributed by atoms with van der Waals surface area (Å²) in [5.41, 5.74) is 8.25. The van der Waals surface area contributed by atoms with Crippen LogP contribution in [0.4, 0.5) is 0 Å². The topological polar surface area (TPSA) is 79.8 Å². The molecule has 120 valence electrons. The van der Waals surface area contributed by atoms with E-state index in [0.717, 1.165) is 29.0 Å². The molecule has 1 heterocycles. The van der Waals surface area contributed by atoms with Crippen LogP contribution in [0, 0.1) is 29.1 Å². The molecule has 23 heavy (non-hydrogen) atoms. The van der Waals surface area contributed by atoms with Gasteiger partial charge in [0.15, 0.2) is 0 Å². The van der Waals surface area contributed by atoms with Gasteiger partial charge in [0.05, 0.1) is 17.3 Å². The molecule has 0 aliphatic heterocycles. The van der Waals surface area contributed by atoms with Crippen LogP contribution >= 0.6 is 0 Å². The molecule has 4 saturated carbocycles. The fourth-order valence-corrected chi connectivity index (χ4v) is 5.86. The number of hydrogen-bond acceptors (Lipinski definition) is 3. The lowest BCUT2D eigenvalue weighted by Crippen LogP contribution is -2.49. The second kappa shape index (κ2) is 5.33. The van der Waals surface area contributed by atoms with E-state index in [0.29, 0.717) is 18.4 Å². The highest BCUT2D eigenvalue weighted by atomic mass is 16.1. The van der Waals surface area contributed by atoms with E-state index < -0.39 is 0 Å². The van der Waals surface area contributed by atoms with Crippen molar-refractivity contribution < 1.29 is 4.79 Å². The number of hydrogen-bond donors (Lipinski definition) is 1. The molecule has 1 aromatic heterocycles. The number of primary amides is 1. The highest BCUT2D eigenvalue weighted by Crippen LogP contribution is 2.60. The SMILES string of the molecule is N#CCCc1cnc(C23CC4CC(CC(C4)C2)C3)c(C(N)=O)c1. The zero-order chi connectivity index (χ0) is 16.0. The highest BCUT2D eigenvalue weighted by Gasteiger charge is 2.53. The monoisotopic (exact) mass is 309 g/mol. The number of nitrogens with two attached hydrogens (primary N) is 1. The third-order valence-corrected chi connectivity index (χ3v) is 6.28. The third kappa shape index (κ3) is 2.43. The van der Waals surface area contributed by atoms with Crippen molar-refractivity contribution in [2.75, 3.05) is 0 Å². The highest BCUT2D eigenvalue weighted by molar-refractivity contribution is 5.94. The Morgan fingerprint density at radius 3 is 2.39 bits per heavy atom. The van der Waals surface area contributed by atoms with E-state index in [1.54, 1.807) is 0 Å². The van der Waals surface area contributed by atoms with Gasteiger partial charge in [0.25, 0.3) is 5.91 Å². The molecule has 4 aliphatic rings. The maximum Gasteiger partial charge on any atom is 0.250 e. The lowest BCUT2D eigenvalue weighted by atomic mass is 9.48. The van der Waals surface area contributed by atoms with Crippen molar-refractivity contribution in [3.63, 3.8) is 0 Å². The minimum atomic E-state index is -0.373. The number of aryl methyl sites for hydroxylation is 1. The number of amides is 1. The number of nitriles is 1. The van der Waals surface area contributed by atoms with Gasteiger partial charge in [-0.15, -0.1) is 0 Å². The summed E-state index contributed by atoms with van der Waals surface area (Å²) in [7, 11) is 0. The van der Waals surface area contributed by atoms with E-state index in [2.05, 4.69) is 6.07 Å². The Hall–Kier alpha value is -1.89. The minimum Gasteiger partial charge on any atom is -0.366 e. The molecule has 4 aliphatic carbocycles. The van der Waals surface area contributed by atoms with Gasteiger partial charge in [-0.05, 0) is 74.3 Å². The summed E-state index contributed by atoms with van der Waals surface area (Å²) in [6.45, 7) is 0. The minimum absolute atomic E-state index is 0.0763. The van der Waals surface area contributed by atoms with Crippen LogP contribution < -0.4 is 5.73 Å². The predicted molar refractivity (Wildman–Crippen MR) is 86.5 cm³/mol. The first-order valence-corrected chi connectivity index (χ1v) is 8.76. The maximum absolute atomic E-state index is 12.1. The Kier molecular flexibility index (Phi) is 3.41. The largest absolute Gasteiger partial charge is 0.366 e. The normalized spacial score (nSPS) is 34.3. The van der Waals surface area contributed by atoms with Crippen LogP contribution in [0.5, 0.6) is 0 Å². The molecule has 0 spiro atoms. The second-order valence-electron chi connectivity index (χ2n) is 7.96. The van der Waals surface area contributed by atoms with E-state index in [9.17, 15) is 4.79 Å². The zero-order valence-electron chi connectivity index (χ0n) is 13.4. The Bertz CT molecular complexity index is 653. The van der Waals surface area contributed by atoms with E-state index in [-0.39, 0.29) is 11.3 Å². The van der Waals surface area contributed by atoms with Crippen molar-refractivity contribution in [1.29, 1.82) is 5.26 Å². The molecule has 4 fully saturated rings. The van der Waals surface area contributed by atoms with Crippen LogP contribution in [-0.4, -0.2) is 10.9 Å². The van der Waals surface area contributed by atoms with Gasteiger partial charge in [0.2, 0.25) is 0 Å². The molecule has 5 rings (SSSR count). The number of rotatable bonds is 4. The molecular weight excluding hydrogens is 286 g/mol. The van der Waals surface area contributed by atoms with Crippen LogP contribution in [0.2, 0.25) is 0 Å². The molecular formula is C19H23N3O. The fraction of sp³-hybridized carbons (Fsp3) is 0.632. The summed E-state index contributed by atoms with van der Waals surface area (Å²) in [5, 5.41) is 8.75. The first-order valence-electron chi connectivity index (χ1n) is 8.76. The fourth-order valence-electron chi connectivity index (χ4n) is 5.86. The summed E-state index contributed by atoms with van der Waals surface area (Å²) in [4.78, 5) is 16.8. The smallest absolute Gasteiger partial charge is 0.250 e. The lowest BCUT2D eigenvalue weighted by Gasteiger charge is -2.56. The van der Waals surface area contributed by atoms with Gasteiger partial charge in [0.1, 0.15) is 0 Å². The molecule has 0 unspecified atom stereocenters. The van der Waals surface area contributed by atoms with Crippen LogP contribution in [0.15, 0.2) is 12.3 Å². The number of aromatic nitrogens is 1. The standard InChI is InChI=1S/C19H23N3O/c20-3-1-2-12-7-16(18(21)23)17(22-11-12)19-8-13-4-14(9-19)6-15(5-13)10-19/h7,11,13-15H,1-2,4-6,8-10H2,(H2,21,23). The van der Waals surface area contributed by atoms with Crippen molar-refractivity contribution in [3.8, 4) is 6.07 Å². The zero-order valence-corrected chi connectivity index (χ0v) is 13.4. The molecule has 0 saturated heterocycles. The number of pyridine rings is 1. The average Bonchev–Trinajstić information content (AvgIpc) is 2.51. The van der Waals surface area contributed by atoms with Gasteiger partial charge < -0.3 is 5.73 Å². The molecule has 0 aromatic carbocycles. The predicted octanol–water partition coefficient (Wildman–Crippen LogP) is 3.10. The Morgan fingerprint density at radius 1 is 1.26 bits per heavy atom. The summed E-state index contributed by atoms with van der Waals surface area (Å²) < 4.78 is 0. The average molecular weight is 309 g/mol. The summed E-state index contributed by atoms with van der Waals surface area (Å²) >= 11 is 0. The lowest BCUT2D eigenvalue weighted by molar-refractivity contribution is -0.00756. The first kappa shape index (κ1) is 14.7. The molecule has 4 bridgehead atoms. The number of carbonyl (C=O) groups is 1. The Labute approximate surface area is 137 Å². The van der Waals surface area contributed by atoms with Crippen molar-refractivity contribution in [2.45, 2.75) is 56.8 Å². The van der Waals surface area contributed by atoms with Crippen molar-refractivity contribution >= 4 is 5.91 Å². The number of nitrogens with zero attached hydrogens (tertiary/aromatic N) is 2. The third-order valence-electron chi connectivity index (χ3n) is 6.28. The van der Waals surface area contributed by atoms with Crippen LogP contribution in [0.1, 0.15) is 66.6 Å². The van der Waals surface area contributed by atoms with E-state index >= 15 is 0 Å². The molecule has 0 radical (unpaired) electrons. The van der Waals surface area contributed by atoms with Crippen LogP contribution in [-0.2, 0) is 11.8 Å². The molecule has 4 nitrogen and oxygen atoms in total. The van der Waals surface area contributed by atoms with Crippen LogP contribution in [0.25, 0.3) is 0 Å². The summed E-state index contributed by atoms with van der Waals surface area (Å²) in [5.74, 6) is 2.05. The second-order valence-corrected chi connectivity index (χ2v) is 7.96. The first-order chi connectivity index (χ1) is 11.1. The van der Waals surface area contributed by atoms with E-state index in [4.69, 9.17) is 16.0 Å². The van der Waals surface area contributed by atoms with Gasteiger partial charge in [-0.1, -0.05) is 0 Å². The molecule has 1 amide bonds.